The van der Waals surface area contributed by atoms with Crippen molar-refractivity contribution in [1.82, 2.24) is 9.29 Å². The van der Waals surface area contributed by atoms with Gasteiger partial charge in [-0.25, -0.2) is 8.42 Å². The van der Waals surface area contributed by atoms with Gasteiger partial charge in [-0.1, -0.05) is 0 Å². The minimum atomic E-state index is -3.65. The number of rotatable bonds is 4. The first kappa shape index (κ1) is 16.4. The van der Waals surface area contributed by atoms with Gasteiger partial charge in [0, 0.05) is 19.3 Å². The number of carbonyl (C=O) groups is 1. The molecule has 0 bridgehead atoms. The number of benzene rings is 1. The highest BCUT2D eigenvalue weighted by atomic mass is 32.2. The Bertz CT molecular complexity index is 847. The molecule has 1 aliphatic rings. The monoisotopic (exact) mass is 347 g/mol. The van der Waals surface area contributed by atoms with Crippen molar-refractivity contribution in [2.75, 3.05) is 18.4 Å². The van der Waals surface area contributed by atoms with Crippen molar-refractivity contribution in [3.63, 3.8) is 0 Å². The van der Waals surface area contributed by atoms with Gasteiger partial charge in [-0.3, -0.25) is 9.78 Å². The molecule has 2 aromatic rings. The number of aromatic nitrogens is 1. The molecule has 126 valence electrons. The fourth-order valence-corrected chi connectivity index (χ4v) is 4.11. The molecule has 1 amide bonds. The number of hydrogen-bond donors (Lipinski definition) is 2. The molecular weight excluding hydrogens is 330 g/mol. The molecule has 0 saturated carbocycles. The molecule has 8 heteroatoms. The smallest absolute Gasteiger partial charge is 0.259 e. The van der Waals surface area contributed by atoms with Crippen LogP contribution in [0.4, 0.5) is 5.69 Å². The molecule has 1 aromatic heterocycles. The second kappa shape index (κ2) is 6.58. The zero-order chi connectivity index (χ0) is 17.2. The van der Waals surface area contributed by atoms with Crippen molar-refractivity contribution in [3.05, 3.63) is 48.3 Å². The number of carbonyl (C=O) groups excluding carboxylic acids is 1. The Kier molecular flexibility index (Phi) is 4.50. The molecule has 1 fully saturated rings. The SMILES string of the molecule is O=C(Nc1cccnc1)c1cc(S(=O)(=O)N2CCCC2)ccc1O. The van der Waals surface area contributed by atoms with E-state index < -0.39 is 15.9 Å². The van der Waals surface area contributed by atoms with Crippen LogP contribution < -0.4 is 5.32 Å². The summed E-state index contributed by atoms with van der Waals surface area (Å²) in [6, 6.07) is 7.04. The maximum Gasteiger partial charge on any atom is 0.259 e. The second-order valence-electron chi connectivity index (χ2n) is 5.49. The first-order chi connectivity index (χ1) is 11.5. The Labute approximate surface area is 140 Å². The van der Waals surface area contributed by atoms with Gasteiger partial charge in [0.1, 0.15) is 5.75 Å². The summed E-state index contributed by atoms with van der Waals surface area (Å²) in [4.78, 5) is 16.2. The number of nitrogens with zero attached hydrogens (tertiary/aromatic N) is 2. The molecular formula is C16H17N3O4S. The molecule has 1 aliphatic heterocycles. The first-order valence-electron chi connectivity index (χ1n) is 7.53. The Hall–Kier alpha value is -2.45. The van der Waals surface area contributed by atoms with Crippen molar-refractivity contribution < 1.29 is 18.3 Å². The lowest BCUT2D eigenvalue weighted by Gasteiger charge is -2.16. The topological polar surface area (TPSA) is 99.6 Å². The number of sulfonamides is 1. The summed E-state index contributed by atoms with van der Waals surface area (Å²) >= 11 is 0. The van der Waals surface area contributed by atoms with E-state index in [1.807, 2.05) is 0 Å². The lowest BCUT2D eigenvalue weighted by atomic mass is 10.2. The number of aromatic hydroxyl groups is 1. The van der Waals surface area contributed by atoms with Crippen LogP contribution in [-0.2, 0) is 10.0 Å². The third kappa shape index (κ3) is 3.24. The van der Waals surface area contributed by atoms with Gasteiger partial charge in [0.25, 0.3) is 5.91 Å². The van der Waals surface area contributed by atoms with Crippen LogP contribution in [0, 0.1) is 0 Å². The minimum absolute atomic E-state index is 0.00135. The summed E-state index contributed by atoms with van der Waals surface area (Å²) in [6.45, 7) is 0.945. The molecule has 2 heterocycles. The van der Waals surface area contributed by atoms with Crippen LogP contribution in [-0.4, -0.2) is 41.8 Å². The van der Waals surface area contributed by atoms with Crippen LogP contribution in [0.2, 0.25) is 0 Å². The van der Waals surface area contributed by atoms with Gasteiger partial charge >= 0.3 is 0 Å². The maximum atomic E-state index is 12.6. The van der Waals surface area contributed by atoms with Gasteiger partial charge < -0.3 is 10.4 Å². The summed E-state index contributed by atoms with van der Waals surface area (Å²) in [5.74, 6) is -0.879. The summed E-state index contributed by atoms with van der Waals surface area (Å²) in [5.41, 5.74) is 0.355. The van der Waals surface area contributed by atoms with E-state index in [1.54, 1.807) is 18.3 Å². The van der Waals surface area contributed by atoms with E-state index in [2.05, 4.69) is 10.3 Å². The zero-order valence-corrected chi connectivity index (χ0v) is 13.7. The molecule has 0 atom stereocenters. The quantitative estimate of drug-likeness (QED) is 0.879. The number of phenolic OH excluding ortho intramolecular Hbond substituents is 1. The predicted octanol–water partition coefficient (Wildman–Crippen LogP) is 1.82. The maximum absolute atomic E-state index is 12.6. The summed E-state index contributed by atoms with van der Waals surface area (Å²) in [5, 5.41) is 12.5. The van der Waals surface area contributed by atoms with Gasteiger partial charge in [0.2, 0.25) is 10.0 Å². The Morgan fingerprint density at radius 3 is 2.62 bits per heavy atom. The van der Waals surface area contributed by atoms with E-state index in [9.17, 15) is 18.3 Å². The van der Waals surface area contributed by atoms with Crippen molar-refractivity contribution >= 4 is 21.6 Å². The number of anilines is 1. The van der Waals surface area contributed by atoms with E-state index >= 15 is 0 Å². The molecule has 0 aliphatic carbocycles. The molecule has 24 heavy (non-hydrogen) atoms. The zero-order valence-electron chi connectivity index (χ0n) is 12.8. The van der Waals surface area contributed by atoms with Crippen molar-refractivity contribution in [3.8, 4) is 5.75 Å². The highest BCUT2D eigenvalue weighted by Crippen LogP contribution is 2.26. The van der Waals surface area contributed by atoms with Crippen LogP contribution in [0.3, 0.4) is 0 Å². The third-order valence-electron chi connectivity index (χ3n) is 3.83. The molecule has 0 spiro atoms. The average molecular weight is 347 g/mol. The number of phenols is 1. The Morgan fingerprint density at radius 2 is 1.96 bits per heavy atom. The van der Waals surface area contributed by atoms with E-state index in [1.165, 1.54) is 28.7 Å². The Balaban J connectivity index is 1.90. The molecule has 0 unspecified atom stereocenters. The fraction of sp³-hybridized carbons (Fsp3) is 0.250. The lowest BCUT2D eigenvalue weighted by Crippen LogP contribution is -2.28. The van der Waals surface area contributed by atoms with Gasteiger partial charge in [-0.2, -0.15) is 4.31 Å². The van der Waals surface area contributed by atoms with Gasteiger partial charge in [0.15, 0.2) is 0 Å². The predicted molar refractivity (Wildman–Crippen MR) is 88.3 cm³/mol. The highest BCUT2D eigenvalue weighted by Gasteiger charge is 2.28. The number of nitrogens with one attached hydrogen (secondary N) is 1. The summed E-state index contributed by atoms with van der Waals surface area (Å²) < 4.78 is 26.6. The van der Waals surface area contributed by atoms with E-state index in [4.69, 9.17) is 0 Å². The number of amides is 1. The van der Waals surface area contributed by atoms with Crippen LogP contribution in [0.15, 0.2) is 47.6 Å². The van der Waals surface area contributed by atoms with Crippen LogP contribution in [0.5, 0.6) is 5.75 Å². The van der Waals surface area contributed by atoms with Gasteiger partial charge in [0.05, 0.1) is 22.3 Å². The van der Waals surface area contributed by atoms with Crippen LogP contribution in [0.25, 0.3) is 0 Å². The standard InChI is InChI=1S/C16H17N3O4S/c20-15-6-5-13(24(22,23)19-8-1-2-9-19)10-14(15)16(21)18-12-4-3-7-17-11-12/h3-7,10-11,20H,1-2,8-9H2,(H,18,21). The average Bonchev–Trinajstić information content (AvgIpc) is 3.11. The van der Waals surface area contributed by atoms with E-state index in [-0.39, 0.29) is 16.2 Å². The molecule has 3 rings (SSSR count). The van der Waals surface area contributed by atoms with Crippen molar-refractivity contribution in [1.29, 1.82) is 0 Å². The largest absolute Gasteiger partial charge is 0.507 e. The molecule has 2 N–H and O–H groups in total. The first-order valence-corrected chi connectivity index (χ1v) is 8.97. The van der Waals surface area contributed by atoms with E-state index in [0.717, 1.165) is 12.8 Å². The second-order valence-corrected chi connectivity index (χ2v) is 7.42. The fourth-order valence-electron chi connectivity index (χ4n) is 2.57. The molecule has 1 saturated heterocycles. The molecule has 0 radical (unpaired) electrons. The number of pyridine rings is 1. The van der Waals surface area contributed by atoms with Crippen molar-refractivity contribution in [2.45, 2.75) is 17.7 Å². The summed E-state index contributed by atoms with van der Waals surface area (Å²) in [6.07, 6.45) is 4.67. The van der Waals surface area contributed by atoms with Gasteiger partial charge in [-0.15, -0.1) is 0 Å². The van der Waals surface area contributed by atoms with E-state index in [0.29, 0.717) is 18.8 Å². The minimum Gasteiger partial charge on any atom is -0.507 e. The summed E-state index contributed by atoms with van der Waals surface area (Å²) in [7, 11) is -3.65. The van der Waals surface area contributed by atoms with Crippen LogP contribution >= 0.6 is 0 Å². The Morgan fingerprint density at radius 1 is 1.21 bits per heavy atom. The highest BCUT2D eigenvalue weighted by molar-refractivity contribution is 7.89. The lowest BCUT2D eigenvalue weighted by molar-refractivity contribution is 0.102. The number of hydrogen-bond acceptors (Lipinski definition) is 5. The van der Waals surface area contributed by atoms with Crippen molar-refractivity contribution in [2.24, 2.45) is 0 Å². The third-order valence-corrected chi connectivity index (χ3v) is 5.73. The molecule has 7 nitrogen and oxygen atoms in total. The normalized spacial score (nSPS) is 15.3. The van der Waals surface area contributed by atoms with Crippen LogP contribution in [0.1, 0.15) is 23.2 Å². The van der Waals surface area contributed by atoms with Gasteiger partial charge in [-0.05, 0) is 43.2 Å². The molecule has 1 aromatic carbocycles.